The van der Waals surface area contributed by atoms with Crippen molar-refractivity contribution in [3.05, 3.63) is 89.7 Å². The van der Waals surface area contributed by atoms with Crippen LogP contribution in [0.1, 0.15) is 26.3 Å². The summed E-state index contributed by atoms with van der Waals surface area (Å²) in [5.41, 5.74) is 1.37. The first-order chi connectivity index (χ1) is 13.3. The normalized spacial score (nSPS) is 10.6. The predicted molar refractivity (Wildman–Crippen MR) is 120 cm³/mol. The number of nitrogens with one attached hydrogen (secondary N) is 1. The van der Waals surface area contributed by atoms with Crippen molar-refractivity contribution < 1.29 is 14.7 Å². The van der Waals surface area contributed by atoms with Gasteiger partial charge in [0, 0.05) is 30.8 Å². The zero-order valence-corrected chi connectivity index (χ0v) is 19.5. The number of anilines is 1. The van der Waals surface area contributed by atoms with Crippen LogP contribution in [0, 0.1) is 0 Å². The summed E-state index contributed by atoms with van der Waals surface area (Å²) in [6.45, 7) is 0. The largest absolute Gasteiger partial charge is 0.506 e. The van der Waals surface area contributed by atoms with Gasteiger partial charge < -0.3 is 10.4 Å². The zero-order chi connectivity index (χ0) is 20.4. The van der Waals surface area contributed by atoms with Gasteiger partial charge in [0.1, 0.15) is 5.75 Å². The molecule has 0 spiro atoms. The first-order valence-corrected chi connectivity index (χ1v) is 10.6. The number of hydrogen-bond acceptors (Lipinski definition) is 3. The van der Waals surface area contributed by atoms with Gasteiger partial charge in [-0.2, -0.15) is 0 Å². The summed E-state index contributed by atoms with van der Waals surface area (Å²) in [6, 6.07) is 14.6. The molecule has 3 aromatic carbocycles. The quantitative estimate of drug-likeness (QED) is 0.329. The number of hydrogen-bond donors (Lipinski definition) is 2. The Hall–Kier alpha value is -1.67. The van der Waals surface area contributed by atoms with E-state index < -0.39 is 5.91 Å². The number of aromatic hydroxyl groups is 1. The van der Waals surface area contributed by atoms with Crippen molar-refractivity contribution in [3.8, 4) is 5.75 Å². The predicted octanol–water partition coefficient (Wildman–Crippen LogP) is 6.82. The van der Waals surface area contributed by atoms with Crippen LogP contribution in [0.2, 0.25) is 5.02 Å². The minimum Gasteiger partial charge on any atom is -0.506 e. The second-order valence-electron chi connectivity index (χ2n) is 5.77. The summed E-state index contributed by atoms with van der Waals surface area (Å²) in [6.07, 6.45) is 0. The minimum absolute atomic E-state index is 0.0924. The Morgan fingerprint density at radius 2 is 1.54 bits per heavy atom. The van der Waals surface area contributed by atoms with Crippen molar-refractivity contribution in [1.82, 2.24) is 0 Å². The highest BCUT2D eigenvalue weighted by molar-refractivity contribution is 9.11. The first kappa shape index (κ1) is 21.0. The molecule has 8 heteroatoms. The van der Waals surface area contributed by atoms with E-state index in [2.05, 4.69) is 53.1 Å². The number of ketones is 1. The topological polar surface area (TPSA) is 66.4 Å². The number of phenols is 1. The number of benzene rings is 3. The maximum atomic E-state index is 12.8. The monoisotopic (exact) mass is 585 g/mol. The van der Waals surface area contributed by atoms with Gasteiger partial charge in [-0.1, -0.05) is 43.5 Å². The molecule has 2 N–H and O–H groups in total. The number of phenolic OH excluding ortho intramolecular Hbond substituents is 1. The summed E-state index contributed by atoms with van der Waals surface area (Å²) in [4.78, 5) is 25.4. The molecule has 0 unspecified atom stereocenters. The van der Waals surface area contributed by atoms with Gasteiger partial charge in [-0.3, -0.25) is 9.59 Å². The molecule has 0 aromatic heterocycles. The standard InChI is InChI=1S/C20H11Br3ClNO3/c21-11-7-15(19(27)17(23)8-11)20(28)25-13-5-6-16(22)14(9-13)18(26)10-1-3-12(24)4-2-10/h1-9,27H,(H,25,28). The van der Waals surface area contributed by atoms with Crippen LogP contribution in [0.15, 0.2) is 68.0 Å². The maximum Gasteiger partial charge on any atom is 0.259 e. The van der Waals surface area contributed by atoms with E-state index in [4.69, 9.17) is 11.6 Å². The lowest BCUT2D eigenvalue weighted by molar-refractivity contribution is 0.101. The molecule has 142 valence electrons. The number of carbonyl (C=O) groups excluding carboxylic acids is 2. The van der Waals surface area contributed by atoms with Crippen molar-refractivity contribution in [1.29, 1.82) is 0 Å². The van der Waals surface area contributed by atoms with Gasteiger partial charge >= 0.3 is 0 Å². The van der Waals surface area contributed by atoms with E-state index in [-0.39, 0.29) is 17.1 Å². The zero-order valence-electron chi connectivity index (χ0n) is 14.0. The van der Waals surface area contributed by atoms with E-state index in [9.17, 15) is 14.7 Å². The van der Waals surface area contributed by atoms with Gasteiger partial charge in [-0.25, -0.2) is 0 Å². The lowest BCUT2D eigenvalue weighted by Gasteiger charge is -2.11. The Morgan fingerprint density at radius 1 is 0.857 bits per heavy atom. The molecule has 0 aliphatic heterocycles. The number of rotatable bonds is 4. The fraction of sp³-hybridized carbons (Fsp3) is 0. The molecule has 0 atom stereocenters. The molecule has 0 heterocycles. The molecule has 0 saturated heterocycles. The van der Waals surface area contributed by atoms with E-state index >= 15 is 0 Å². The highest BCUT2D eigenvalue weighted by atomic mass is 79.9. The van der Waals surface area contributed by atoms with Gasteiger partial charge in [0.25, 0.3) is 5.91 Å². The third-order valence-electron chi connectivity index (χ3n) is 3.85. The highest BCUT2D eigenvalue weighted by Crippen LogP contribution is 2.32. The van der Waals surface area contributed by atoms with Gasteiger partial charge in [0.15, 0.2) is 5.78 Å². The Bertz CT molecular complexity index is 1080. The van der Waals surface area contributed by atoms with Gasteiger partial charge in [-0.15, -0.1) is 0 Å². The van der Waals surface area contributed by atoms with Gasteiger partial charge in [0.05, 0.1) is 10.0 Å². The van der Waals surface area contributed by atoms with Crippen molar-refractivity contribution >= 4 is 76.8 Å². The smallest absolute Gasteiger partial charge is 0.259 e. The summed E-state index contributed by atoms with van der Waals surface area (Å²) in [7, 11) is 0. The molecule has 0 aliphatic carbocycles. The van der Waals surface area contributed by atoms with Crippen LogP contribution in [-0.2, 0) is 0 Å². The molecule has 3 aromatic rings. The van der Waals surface area contributed by atoms with Crippen LogP contribution < -0.4 is 5.32 Å². The number of halogens is 4. The molecule has 4 nitrogen and oxygen atoms in total. The summed E-state index contributed by atoms with van der Waals surface area (Å²) in [5.74, 6) is -0.894. The average molecular weight is 588 g/mol. The second kappa shape index (κ2) is 8.78. The van der Waals surface area contributed by atoms with Crippen LogP contribution in [0.4, 0.5) is 5.69 Å². The van der Waals surface area contributed by atoms with Gasteiger partial charge in [0.2, 0.25) is 0 Å². The Morgan fingerprint density at radius 3 is 2.21 bits per heavy atom. The Balaban J connectivity index is 1.90. The summed E-state index contributed by atoms with van der Waals surface area (Å²) >= 11 is 15.7. The molecular formula is C20H11Br3ClNO3. The SMILES string of the molecule is O=C(c1ccc(Cl)cc1)c1cc(NC(=O)c2cc(Br)cc(Br)c2O)ccc1Br. The average Bonchev–Trinajstić information content (AvgIpc) is 2.66. The van der Waals surface area contributed by atoms with Crippen LogP contribution in [0.3, 0.4) is 0 Å². The summed E-state index contributed by atoms with van der Waals surface area (Å²) < 4.78 is 1.62. The molecule has 0 fully saturated rings. The van der Waals surface area contributed by atoms with Gasteiger partial charge in [-0.05, 0) is 70.5 Å². The number of amides is 1. The minimum atomic E-state index is -0.508. The van der Waals surface area contributed by atoms with Crippen LogP contribution >= 0.6 is 59.4 Å². The van der Waals surface area contributed by atoms with E-state index in [0.29, 0.717) is 35.3 Å². The van der Waals surface area contributed by atoms with Crippen molar-refractivity contribution in [2.75, 3.05) is 5.32 Å². The van der Waals surface area contributed by atoms with Crippen LogP contribution in [0.5, 0.6) is 5.75 Å². The second-order valence-corrected chi connectivity index (χ2v) is 8.83. The van der Waals surface area contributed by atoms with E-state index in [1.165, 1.54) is 6.07 Å². The molecule has 0 bridgehead atoms. The van der Waals surface area contributed by atoms with E-state index in [1.807, 2.05) is 0 Å². The lowest BCUT2D eigenvalue weighted by Crippen LogP contribution is -2.13. The highest BCUT2D eigenvalue weighted by Gasteiger charge is 2.17. The molecule has 0 radical (unpaired) electrons. The van der Waals surface area contributed by atoms with Crippen molar-refractivity contribution in [3.63, 3.8) is 0 Å². The van der Waals surface area contributed by atoms with Crippen LogP contribution in [-0.4, -0.2) is 16.8 Å². The summed E-state index contributed by atoms with van der Waals surface area (Å²) in [5, 5.41) is 13.4. The third-order valence-corrected chi connectivity index (χ3v) is 5.85. The lowest BCUT2D eigenvalue weighted by atomic mass is 10.0. The molecule has 0 aliphatic rings. The van der Waals surface area contributed by atoms with Crippen LogP contribution in [0.25, 0.3) is 0 Å². The molecule has 3 rings (SSSR count). The Labute approximate surface area is 191 Å². The third kappa shape index (κ3) is 4.66. The van der Waals surface area contributed by atoms with E-state index in [1.54, 1.807) is 48.5 Å². The van der Waals surface area contributed by atoms with E-state index in [0.717, 1.165) is 0 Å². The first-order valence-electron chi connectivity index (χ1n) is 7.85. The Kier molecular flexibility index (Phi) is 6.60. The molecule has 28 heavy (non-hydrogen) atoms. The fourth-order valence-corrected chi connectivity index (χ4v) is 4.25. The van der Waals surface area contributed by atoms with Crippen molar-refractivity contribution in [2.24, 2.45) is 0 Å². The molecule has 0 saturated carbocycles. The molecular weight excluding hydrogens is 577 g/mol. The molecule has 1 amide bonds. The maximum absolute atomic E-state index is 12.8. The number of carbonyl (C=O) groups is 2. The van der Waals surface area contributed by atoms with Crippen molar-refractivity contribution in [2.45, 2.75) is 0 Å². The fourth-order valence-electron chi connectivity index (χ4n) is 2.47.